The highest BCUT2D eigenvalue weighted by Crippen LogP contribution is 2.22. The zero-order valence-electron chi connectivity index (χ0n) is 21.1. The predicted octanol–water partition coefficient (Wildman–Crippen LogP) is 1.82. The number of nitrogens with one attached hydrogen (secondary N) is 4. The molecule has 12 nitrogen and oxygen atoms in total. The summed E-state index contributed by atoms with van der Waals surface area (Å²) in [5.74, 6) is -0.834. The zero-order chi connectivity index (χ0) is 26.4. The van der Waals surface area contributed by atoms with E-state index in [2.05, 4.69) is 25.2 Å². The largest absolute Gasteiger partial charge is 0.355 e. The van der Waals surface area contributed by atoms with Crippen LogP contribution in [-0.2, 0) is 4.79 Å². The fourth-order valence-electron chi connectivity index (χ4n) is 3.60. The minimum Gasteiger partial charge on any atom is -0.355 e. The van der Waals surface area contributed by atoms with Crippen LogP contribution in [0.1, 0.15) is 37.9 Å². The van der Waals surface area contributed by atoms with Crippen LogP contribution < -0.4 is 15.1 Å². The van der Waals surface area contributed by atoms with Gasteiger partial charge in [-0.05, 0) is 45.3 Å². The van der Waals surface area contributed by atoms with Crippen molar-refractivity contribution in [1.29, 1.82) is 0 Å². The van der Waals surface area contributed by atoms with E-state index in [9.17, 15) is 19.2 Å². The smallest absolute Gasteiger partial charge is 0.274 e. The minimum absolute atomic E-state index is 0.154. The summed E-state index contributed by atoms with van der Waals surface area (Å²) in [5, 5.41) is 2.47. The van der Waals surface area contributed by atoms with E-state index in [1.54, 1.807) is 50.6 Å². The second kappa shape index (κ2) is 11.4. The molecule has 0 saturated heterocycles. The van der Waals surface area contributed by atoms with Crippen LogP contribution in [0.5, 0.6) is 0 Å². The molecule has 0 aliphatic rings. The third-order valence-corrected chi connectivity index (χ3v) is 5.76. The summed E-state index contributed by atoms with van der Waals surface area (Å²) in [6.45, 7) is 1.50. The number of aromatic amines is 3. The van der Waals surface area contributed by atoms with Gasteiger partial charge >= 0.3 is 0 Å². The molecule has 0 saturated carbocycles. The second-order valence-corrected chi connectivity index (χ2v) is 8.72. The SMILES string of the molecule is CN(C)CCCN(C)C(=O)c1cc(N(C)C(=O)c2cc(N(C)C(=O)c3cc(NC=O)c[nH]3)c[nH]2)c[nH]1. The molecule has 0 fully saturated rings. The maximum absolute atomic E-state index is 13.0. The van der Waals surface area contributed by atoms with E-state index in [0.717, 1.165) is 13.0 Å². The summed E-state index contributed by atoms with van der Waals surface area (Å²) >= 11 is 0. The van der Waals surface area contributed by atoms with Crippen molar-refractivity contribution in [3.8, 4) is 0 Å². The Balaban J connectivity index is 1.64. The molecule has 192 valence electrons. The molecule has 0 unspecified atom stereocenters. The third kappa shape index (κ3) is 6.02. The maximum atomic E-state index is 13.0. The topological polar surface area (TPSA) is 141 Å². The Bertz CT molecular complexity index is 1220. The molecule has 3 heterocycles. The number of carbonyl (C=O) groups is 4. The molecule has 0 bridgehead atoms. The Morgan fingerprint density at radius 3 is 1.78 bits per heavy atom. The molecule has 0 aliphatic heterocycles. The van der Waals surface area contributed by atoms with Gasteiger partial charge in [0.05, 0.1) is 17.1 Å². The molecule has 36 heavy (non-hydrogen) atoms. The van der Waals surface area contributed by atoms with Crippen molar-refractivity contribution in [2.24, 2.45) is 0 Å². The van der Waals surface area contributed by atoms with Crippen LogP contribution in [0, 0.1) is 0 Å². The van der Waals surface area contributed by atoms with Crippen LogP contribution in [0.3, 0.4) is 0 Å². The van der Waals surface area contributed by atoms with E-state index in [1.165, 1.54) is 22.1 Å². The standard InChI is InChI=1S/C24H32N8O4/c1-29(2)7-6-8-30(3)22(34)20-10-17(13-26-20)32(5)24(36)21-11-18(14-27-21)31(4)23(35)19-9-16(12-25-19)28-15-33/h9-15,25-27H,6-8H2,1-5H3,(H,28,33). The molecular weight excluding hydrogens is 464 g/mol. The third-order valence-electron chi connectivity index (χ3n) is 5.76. The molecule has 3 aromatic rings. The quantitative estimate of drug-likeness (QED) is 0.300. The van der Waals surface area contributed by atoms with Gasteiger partial charge < -0.3 is 39.9 Å². The second-order valence-electron chi connectivity index (χ2n) is 8.72. The lowest BCUT2D eigenvalue weighted by Crippen LogP contribution is -2.30. The van der Waals surface area contributed by atoms with Crippen molar-refractivity contribution in [3.63, 3.8) is 0 Å². The van der Waals surface area contributed by atoms with Crippen molar-refractivity contribution in [3.05, 3.63) is 53.9 Å². The van der Waals surface area contributed by atoms with Crippen LogP contribution in [-0.4, -0.2) is 97.2 Å². The van der Waals surface area contributed by atoms with E-state index in [0.29, 0.717) is 35.7 Å². The van der Waals surface area contributed by atoms with Gasteiger partial charge in [0.15, 0.2) is 0 Å². The normalized spacial score (nSPS) is 10.8. The van der Waals surface area contributed by atoms with Gasteiger partial charge in [0.1, 0.15) is 17.1 Å². The Hall–Kier alpha value is -4.32. The highest BCUT2D eigenvalue weighted by Gasteiger charge is 2.22. The number of carbonyl (C=O) groups excluding carboxylic acids is 4. The lowest BCUT2D eigenvalue weighted by molar-refractivity contribution is -0.105. The first-order chi connectivity index (χ1) is 17.1. The fraction of sp³-hybridized carbons (Fsp3) is 0.333. The first-order valence-electron chi connectivity index (χ1n) is 11.3. The van der Waals surface area contributed by atoms with Gasteiger partial charge in [-0.1, -0.05) is 0 Å². The fourth-order valence-corrected chi connectivity index (χ4v) is 3.60. The first kappa shape index (κ1) is 26.3. The van der Waals surface area contributed by atoms with Crippen molar-refractivity contribution in [1.82, 2.24) is 24.8 Å². The summed E-state index contributed by atoms with van der Waals surface area (Å²) in [7, 11) is 8.91. The molecule has 0 aliphatic carbocycles. The first-order valence-corrected chi connectivity index (χ1v) is 11.3. The van der Waals surface area contributed by atoms with E-state index in [-0.39, 0.29) is 29.1 Å². The van der Waals surface area contributed by atoms with Crippen LogP contribution in [0.15, 0.2) is 36.8 Å². The lowest BCUT2D eigenvalue weighted by atomic mass is 10.3. The molecule has 0 spiro atoms. The Labute approximate surface area is 209 Å². The monoisotopic (exact) mass is 496 g/mol. The summed E-state index contributed by atoms with van der Waals surface area (Å²) in [6.07, 6.45) is 6.05. The van der Waals surface area contributed by atoms with Gasteiger partial charge in [0.25, 0.3) is 17.7 Å². The number of nitrogens with zero attached hydrogens (tertiary/aromatic N) is 4. The van der Waals surface area contributed by atoms with Gasteiger partial charge in [-0.2, -0.15) is 0 Å². The van der Waals surface area contributed by atoms with Crippen LogP contribution in [0.2, 0.25) is 0 Å². The Morgan fingerprint density at radius 2 is 1.25 bits per heavy atom. The van der Waals surface area contributed by atoms with Crippen molar-refractivity contribution < 1.29 is 19.2 Å². The van der Waals surface area contributed by atoms with Crippen LogP contribution in [0.25, 0.3) is 0 Å². The van der Waals surface area contributed by atoms with E-state index >= 15 is 0 Å². The summed E-state index contributed by atoms with van der Waals surface area (Å²) in [6, 6.07) is 4.73. The highest BCUT2D eigenvalue weighted by molar-refractivity contribution is 6.08. The van der Waals surface area contributed by atoms with Crippen molar-refractivity contribution in [2.45, 2.75) is 6.42 Å². The van der Waals surface area contributed by atoms with Crippen LogP contribution in [0.4, 0.5) is 17.1 Å². The number of rotatable bonds is 11. The highest BCUT2D eigenvalue weighted by atomic mass is 16.2. The van der Waals surface area contributed by atoms with Gasteiger partial charge in [-0.25, -0.2) is 0 Å². The molecule has 0 radical (unpaired) electrons. The van der Waals surface area contributed by atoms with Gasteiger partial charge in [-0.15, -0.1) is 0 Å². The van der Waals surface area contributed by atoms with Gasteiger partial charge in [0, 0.05) is 46.3 Å². The molecule has 4 N–H and O–H groups in total. The number of H-pyrrole nitrogens is 3. The van der Waals surface area contributed by atoms with Crippen molar-refractivity contribution in [2.75, 3.05) is 63.4 Å². The number of hydrogen-bond acceptors (Lipinski definition) is 5. The average Bonchev–Trinajstić information content (AvgIpc) is 3.62. The molecule has 12 heteroatoms. The van der Waals surface area contributed by atoms with Gasteiger partial charge in [-0.3, -0.25) is 19.2 Å². The molecule has 3 aromatic heterocycles. The van der Waals surface area contributed by atoms with E-state index in [4.69, 9.17) is 0 Å². The summed E-state index contributed by atoms with van der Waals surface area (Å²) < 4.78 is 0. The van der Waals surface area contributed by atoms with Crippen molar-refractivity contribution >= 4 is 41.2 Å². The van der Waals surface area contributed by atoms with E-state index < -0.39 is 0 Å². The minimum atomic E-state index is -0.344. The number of aromatic nitrogens is 3. The number of anilines is 3. The summed E-state index contributed by atoms with van der Waals surface area (Å²) in [4.78, 5) is 64.2. The molecule has 0 atom stereocenters. The zero-order valence-corrected chi connectivity index (χ0v) is 21.1. The predicted molar refractivity (Wildman–Crippen MR) is 138 cm³/mol. The van der Waals surface area contributed by atoms with E-state index in [1.807, 2.05) is 14.1 Å². The average molecular weight is 497 g/mol. The van der Waals surface area contributed by atoms with Crippen LogP contribution >= 0.6 is 0 Å². The number of amides is 4. The Kier molecular flexibility index (Phi) is 8.33. The summed E-state index contributed by atoms with van der Waals surface area (Å²) in [5.41, 5.74) is 2.44. The molecule has 4 amide bonds. The maximum Gasteiger partial charge on any atom is 0.274 e. The number of hydrogen-bond donors (Lipinski definition) is 4. The molecular formula is C24H32N8O4. The Morgan fingerprint density at radius 1 is 0.750 bits per heavy atom. The molecule has 0 aromatic carbocycles. The lowest BCUT2D eigenvalue weighted by Gasteiger charge is -2.18. The van der Waals surface area contributed by atoms with Gasteiger partial charge in [0.2, 0.25) is 6.41 Å². The molecule has 3 rings (SSSR count).